The molecule has 0 bridgehead atoms. The molecule has 0 aliphatic carbocycles. The van der Waals surface area contributed by atoms with Crippen molar-refractivity contribution in [2.24, 2.45) is 5.92 Å². The fraction of sp³-hybridized carbons (Fsp3) is 0.500. The molecule has 0 heterocycles. The van der Waals surface area contributed by atoms with Crippen LogP contribution in [0.1, 0.15) is 38.8 Å². The first-order valence-electron chi connectivity index (χ1n) is 7.45. The van der Waals surface area contributed by atoms with Crippen LogP contribution in [-0.2, 0) is 4.79 Å². The van der Waals surface area contributed by atoms with E-state index in [9.17, 15) is 9.59 Å². The molecule has 6 heteroatoms. The van der Waals surface area contributed by atoms with Gasteiger partial charge in [0.25, 0.3) is 0 Å². The lowest BCUT2D eigenvalue weighted by Gasteiger charge is -2.15. The van der Waals surface area contributed by atoms with Gasteiger partial charge in [0.1, 0.15) is 0 Å². The average molecular weight is 326 g/mol. The molecule has 3 amide bonds. The van der Waals surface area contributed by atoms with Crippen molar-refractivity contribution in [3.05, 3.63) is 34.9 Å². The molecule has 1 aromatic carbocycles. The Hall–Kier alpha value is -1.59. The van der Waals surface area contributed by atoms with Gasteiger partial charge >= 0.3 is 6.03 Å². The second-order valence-corrected chi connectivity index (χ2v) is 6.02. The molecular weight excluding hydrogens is 302 g/mol. The van der Waals surface area contributed by atoms with E-state index >= 15 is 0 Å². The Morgan fingerprint density at radius 1 is 1.18 bits per heavy atom. The van der Waals surface area contributed by atoms with Crippen molar-refractivity contribution in [2.45, 2.75) is 33.2 Å². The lowest BCUT2D eigenvalue weighted by Crippen LogP contribution is -2.44. The minimum Gasteiger partial charge on any atom is -0.338 e. The Morgan fingerprint density at radius 3 is 2.50 bits per heavy atom. The number of halogens is 1. The number of hydrogen-bond donors (Lipinski definition) is 3. The Morgan fingerprint density at radius 2 is 1.86 bits per heavy atom. The molecule has 0 aromatic heterocycles. The zero-order valence-electron chi connectivity index (χ0n) is 13.3. The van der Waals surface area contributed by atoms with Gasteiger partial charge in [-0.15, -0.1) is 0 Å². The molecule has 0 saturated heterocycles. The van der Waals surface area contributed by atoms with Crippen LogP contribution in [0.5, 0.6) is 0 Å². The number of carbonyl (C=O) groups is 2. The largest absolute Gasteiger partial charge is 0.338 e. The van der Waals surface area contributed by atoms with Gasteiger partial charge in [-0.25, -0.2) is 4.79 Å². The summed E-state index contributed by atoms with van der Waals surface area (Å²) in [5.74, 6) is 0.134. The number of amides is 3. The number of urea groups is 1. The summed E-state index contributed by atoms with van der Waals surface area (Å²) in [6, 6.07) is 6.91. The lowest BCUT2D eigenvalue weighted by molar-refractivity contribution is -0.119. The number of carbonyl (C=O) groups excluding carboxylic acids is 2. The normalized spacial score (nSPS) is 12.0. The molecule has 1 rings (SSSR count). The average Bonchev–Trinajstić information content (AvgIpc) is 2.44. The summed E-state index contributed by atoms with van der Waals surface area (Å²) in [7, 11) is 0. The van der Waals surface area contributed by atoms with E-state index in [2.05, 4.69) is 29.8 Å². The first-order valence-corrected chi connectivity index (χ1v) is 7.83. The highest BCUT2D eigenvalue weighted by atomic mass is 35.5. The highest BCUT2D eigenvalue weighted by Crippen LogP contribution is 2.21. The SMILES string of the molecule is CC(C)CCNC(=O)NC(=O)CN[C@H](C)c1ccccc1Cl. The minimum absolute atomic E-state index is 0.0456. The second-order valence-electron chi connectivity index (χ2n) is 5.61. The number of hydrogen-bond acceptors (Lipinski definition) is 3. The molecule has 1 aromatic rings. The van der Waals surface area contributed by atoms with Crippen LogP contribution in [0.25, 0.3) is 0 Å². The third kappa shape index (κ3) is 6.91. The first-order chi connectivity index (χ1) is 10.4. The molecular formula is C16H24ClN3O2. The Bertz CT molecular complexity index is 506. The quantitative estimate of drug-likeness (QED) is 0.722. The predicted octanol–water partition coefficient (Wildman–Crippen LogP) is 2.86. The Labute approximate surface area is 136 Å². The molecule has 0 spiro atoms. The van der Waals surface area contributed by atoms with Gasteiger partial charge in [0.2, 0.25) is 5.91 Å². The molecule has 0 fully saturated rings. The highest BCUT2D eigenvalue weighted by molar-refractivity contribution is 6.31. The molecule has 0 aliphatic heterocycles. The van der Waals surface area contributed by atoms with Gasteiger partial charge in [0, 0.05) is 17.6 Å². The smallest absolute Gasteiger partial charge is 0.321 e. The molecule has 3 N–H and O–H groups in total. The van der Waals surface area contributed by atoms with Gasteiger partial charge in [-0.3, -0.25) is 10.1 Å². The van der Waals surface area contributed by atoms with Crippen LogP contribution in [0.3, 0.4) is 0 Å². The van der Waals surface area contributed by atoms with E-state index in [1.165, 1.54) is 0 Å². The maximum atomic E-state index is 11.7. The van der Waals surface area contributed by atoms with Crippen LogP contribution in [0.2, 0.25) is 5.02 Å². The van der Waals surface area contributed by atoms with Crippen molar-refractivity contribution >= 4 is 23.5 Å². The fourth-order valence-electron chi connectivity index (χ4n) is 1.87. The van der Waals surface area contributed by atoms with Crippen LogP contribution >= 0.6 is 11.6 Å². The third-order valence-electron chi connectivity index (χ3n) is 3.20. The van der Waals surface area contributed by atoms with Crippen LogP contribution < -0.4 is 16.0 Å². The van der Waals surface area contributed by atoms with Crippen LogP contribution in [0.15, 0.2) is 24.3 Å². The van der Waals surface area contributed by atoms with E-state index in [0.717, 1.165) is 12.0 Å². The van der Waals surface area contributed by atoms with E-state index in [4.69, 9.17) is 11.6 Å². The molecule has 5 nitrogen and oxygen atoms in total. The summed E-state index contributed by atoms with van der Waals surface area (Å²) in [4.78, 5) is 23.2. The van der Waals surface area contributed by atoms with E-state index < -0.39 is 6.03 Å². The van der Waals surface area contributed by atoms with E-state index in [1.807, 2.05) is 25.1 Å². The van der Waals surface area contributed by atoms with Gasteiger partial charge in [0.15, 0.2) is 0 Å². The summed E-state index contributed by atoms with van der Waals surface area (Å²) in [6.07, 6.45) is 0.878. The molecule has 0 unspecified atom stereocenters. The third-order valence-corrected chi connectivity index (χ3v) is 3.54. The number of nitrogens with one attached hydrogen (secondary N) is 3. The molecule has 0 radical (unpaired) electrons. The molecule has 1 atom stereocenters. The minimum atomic E-state index is -0.460. The maximum absolute atomic E-state index is 11.7. The molecule has 22 heavy (non-hydrogen) atoms. The summed E-state index contributed by atoms with van der Waals surface area (Å²) < 4.78 is 0. The van der Waals surface area contributed by atoms with Crippen molar-refractivity contribution < 1.29 is 9.59 Å². The number of rotatable bonds is 7. The van der Waals surface area contributed by atoms with Gasteiger partial charge in [-0.05, 0) is 30.9 Å². The van der Waals surface area contributed by atoms with Crippen LogP contribution in [0.4, 0.5) is 4.79 Å². The Kier molecular flexibility index (Phi) is 7.91. The Balaban J connectivity index is 2.31. The van der Waals surface area contributed by atoms with Crippen LogP contribution in [-0.4, -0.2) is 25.0 Å². The van der Waals surface area contributed by atoms with Crippen molar-refractivity contribution in [2.75, 3.05) is 13.1 Å². The topological polar surface area (TPSA) is 70.2 Å². The van der Waals surface area contributed by atoms with Gasteiger partial charge in [-0.2, -0.15) is 0 Å². The van der Waals surface area contributed by atoms with E-state index in [-0.39, 0.29) is 18.5 Å². The summed E-state index contributed by atoms with van der Waals surface area (Å²) >= 11 is 6.10. The number of imide groups is 1. The standard InChI is InChI=1S/C16H24ClN3O2/c1-11(2)8-9-18-16(22)20-15(21)10-19-12(3)13-6-4-5-7-14(13)17/h4-7,11-12,19H,8-10H2,1-3H3,(H2,18,20,21,22)/t12-/m1/s1. The van der Waals surface area contributed by atoms with Crippen molar-refractivity contribution in [1.29, 1.82) is 0 Å². The molecule has 0 saturated carbocycles. The summed E-state index contributed by atoms with van der Waals surface area (Å²) in [5.41, 5.74) is 0.915. The van der Waals surface area contributed by atoms with E-state index in [1.54, 1.807) is 6.07 Å². The zero-order valence-corrected chi connectivity index (χ0v) is 14.0. The second kappa shape index (κ2) is 9.43. The lowest BCUT2D eigenvalue weighted by atomic mass is 10.1. The summed E-state index contributed by atoms with van der Waals surface area (Å²) in [5, 5.41) is 8.63. The van der Waals surface area contributed by atoms with Crippen molar-refractivity contribution in [1.82, 2.24) is 16.0 Å². The number of benzene rings is 1. The van der Waals surface area contributed by atoms with Gasteiger partial charge in [-0.1, -0.05) is 43.6 Å². The fourth-order valence-corrected chi connectivity index (χ4v) is 2.17. The highest BCUT2D eigenvalue weighted by Gasteiger charge is 2.12. The predicted molar refractivity (Wildman–Crippen MR) is 88.9 cm³/mol. The maximum Gasteiger partial charge on any atom is 0.321 e. The molecule has 122 valence electrons. The van der Waals surface area contributed by atoms with Gasteiger partial charge in [0.05, 0.1) is 6.54 Å². The van der Waals surface area contributed by atoms with Crippen molar-refractivity contribution in [3.8, 4) is 0 Å². The van der Waals surface area contributed by atoms with Gasteiger partial charge < -0.3 is 10.6 Å². The van der Waals surface area contributed by atoms with E-state index in [0.29, 0.717) is 17.5 Å². The van der Waals surface area contributed by atoms with Crippen LogP contribution in [0, 0.1) is 5.92 Å². The summed E-state index contributed by atoms with van der Waals surface area (Å²) in [6.45, 7) is 6.66. The monoisotopic (exact) mass is 325 g/mol. The van der Waals surface area contributed by atoms with Crippen molar-refractivity contribution in [3.63, 3.8) is 0 Å². The zero-order chi connectivity index (χ0) is 16.5. The molecule has 0 aliphatic rings. The first kappa shape index (κ1) is 18.5.